The number of imide groups is 2. The summed E-state index contributed by atoms with van der Waals surface area (Å²) >= 11 is 0. The largest absolute Gasteiger partial charge is 0.457 e. The number of nitrogens with one attached hydrogen (secondary N) is 2. The van der Waals surface area contributed by atoms with Crippen molar-refractivity contribution in [1.29, 1.82) is 0 Å². The smallest absolute Gasteiger partial charge is 0.262 e. The van der Waals surface area contributed by atoms with Gasteiger partial charge in [-0.1, -0.05) is 172 Å². The summed E-state index contributed by atoms with van der Waals surface area (Å²) in [5.74, 6) is -4.45. The predicted octanol–water partition coefficient (Wildman–Crippen LogP) is 20.1. The Labute approximate surface area is 730 Å². The number of likely N-dealkylation sites (N-methyl/N-ethyl adjacent to an activating group) is 2. The molecular formula is C106H94N6O14. The van der Waals surface area contributed by atoms with Gasteiger partial charge in [0.2, 0.25) is 23.6 Å². The maximum absolute atomic E-state index is 17.0. The molecule has 2 unspecified atom stereocenters. The molecule has 2 aliphatic heterocycles. The number of hydrogen-bond donors (Lipinski definition) is 2. The minimum atomic E-state index is -1.51. The lowest BCUT2D eigenvalue weighted by Crippen LogP contribution is -2.55. The molecule has 0 bridgehead atoms. The number of anilines is 2. The van der Waals surface area contributed by atoms with Crippen LogP contribution in [0.5, 0.6) is 46.0 Å². The molecule has 2 atom stereocenters. The molecule has 126 heavy (non-hydrogen) atoms. The Balaban J connectivity index is 1.06. The minimum absolute atomic E-state index is 0.0143. The first kappa shape index (κ1) is 85.8. The third-order valence-electron chi connectivity index (χ3n) is 23.1. The Morgan fingerprint density at radius 1 is 0.325 bits per heavy atom. The van der Waals surface area contributed by atoms with Crippen LogP contribution in [0.4, 0.5) is 11.4 Å². The highest BCUT2D eigenvalue weighted by Gasteiger charge is 2.48. The molecule has 0 radical (unpaired) electrons. The Morgan fingerprint density at radius 3 is 0.849 bits per heavy atom. The number of allylic oxidation sites excluding steroid dienone is 2. The van der Waals surface area contributed by atoms with Gasteiger partial charge in [0, 0.05) is 118 Å². The molecule has 20 nitrogen and oxygen atoms in total. The number of aryl methyl sites for hydroxylation is 2. The molecule has 0 fully saturated rings. The minimum Gasteiger partial charge on any atom is -0.457 e. The number of amides is 8. The zero-order valence-corrected chi connectivity index (χ0v) is 71.1. The fourth-order valence-corrected chi connectivity index (χ4v) is 16.4. The van der Waals surface area contributed by atoms with E-state index in [2.05, 4.69) is 36.9 Å². The number of ketones is 2. The number of fused-ring (bicyclic) bond motifs is 2. The second-order valence-electron chi connectivity index (χ2n) is 32.2. The summed E-state index contributed by atoms with van der Waals surface area (Å²) in [5, 5.41) is 7.06. The van der Waals surface area contributed by atoms with Gasteiger partial charge >= 0.3 is 0 Å². The van der Waals surface area contributed by atoms with Crippen LogP contribution < -0.4 is 39.4 Å². The van der Waals surface area contributed by atoms with Gasteiger partial charge in [-0.2, -0.15) is 0 Å². The van der Waals surface area contributed by atoms with E-state index in [-0.39, 0.29) is 173 Å². The summed E-state index contributed by atoms with van der Waals surface area (Å²) in [6.07, 6.45) is 3.17. The molecule has 8 amide bonds. The number of hydrogen-bond acceptors (Lipinski definition) is 14. The maximum Gasteiger partial charge on any atom is 0.262 e. The molecule has 632 valence electrons. The van der Waals surface area contributed by atoms with Gasteiger partial charge in [-0.05, 0) is 208 Å². The first-order valence-corrected chi connectivity index (χ1v) is 42.0. The van der Waals surface area contributed by atoms with Crippen LogP contribution in [0, 0.1) is 0 Å². The molecule has 13 aromatic carbocycles. The van der Waals surface area contributed by atoms with E-state index in [0.717, 1.165) is 32.1 Å². The lowest BCUT2D eigenvalue weighted by Gasteiger charge is -2.37. The predicted molar refractivity (Wildman–Crippen MR) is 491 cm³/mol. The molecule has 0 aliphatic carbocycles. The van der Waals surface area contributed by atoms with E-state index in [1.54, 1.807) is 163 Å². The third-order valence-corrected chi connectivity index (χ3v) is 23.1. The molecule has 0 saturated heterocycles. The number of ether oxygens (including phenoxy) is 4. The molecule has 13 aromatic rings. The zero-order chi connectivity index (χ0) is 88.7. The quantitative estimate of drug-likeness (QED) is 0.0161. The van der Waals surface area contributed by atoms with Crippen LogP contribution in [0.3, 0.4) is 0 Å². The van der Waals surface area contributed by atoms with E-state index in [1.807, 2.05) is 121 Å². The number of para-hydroxylation sites is 2. The van der Waals surface area contributed by atoms with E-state index in [1.165, 1.54) is 9.80 Å². The van der Waals surface area contributed by atoms with Gasteiger partial charge in [0.15, 0.2) is 11.6 Å². The van der Waals surface area contributed by atoms with E-state index < -0.39 is 47.5 Å². The van der Waals surface area contributed by atoms with Crippen molar-refractivity contribution >= 4 is 113 Å². The van der Waals surface area contributed by atoms with Crippen LogP contribution in [-0.4, -0.2) is 108 Å². The molecule has 15 rings (SSSR count). The van der Waals surface area contributed by atoms with Crippen molar-refractivity contribution < 1.29 is 66.9 Å². The normalized spacial score (nSPS) is 12.7. The van der Waals surface area contributed by atoms with Crippen LogP contribution >= 0.6 is 0 Å². The molecular weight excluding hydrogens is 1580 g/mol. The van der Waals surface area contributed by atoms with Gasteiger partial charge < -0.3 is 39.4 Å². The van der Waals surface area contributed by atoms with Gasteiger partial charge in [-0.25, -0.2) is 0 Å². The Bertz CT molecular complexity index is 5850. The van der Waals surface area contributed by atoms with E-state index >= 15 is 28.8 Å². The first-order valence-electron chi connectivity index (χ1n) is 42.0. The molecule has 0 spiro atoms. The lowest BCUT2D eigenvalue weighted by atomic mass is 9.80. The molecule has 0 aromatic heterocycles. The van der Waals surface area contributed by atoms with Gasteiger partial charge in [-0.3, -0.25) is 57.7 Å². The van der Waals surface area contributed by atoms with Crippen LogP contribution in [0.15, 0.2) is 291 Å². The summed E-state index contributed by atoms with van der Waals surface area (Å²) in [6, 6.07) is 67.9. The number of carbonyl (C=O) groups is 10. The van der Waals surface area contributed by atoms with Crippen molar-refractivity contribution in [1.82, 2.24) is 20.4 Å². The number of benzene rings is 13. The Morgan fingerprint density at radius 2 is 0.587 bits per heavy atom. The highest BCUT2D eigenvalue weighted by Crippen LogP contribution is 2.58. The number of nitrogens with zero attached hydrogens (tertiary/aromatic N) is 4. The summed E-state index contributed by atoms with van der Waals surface area (Å²) in [6.45, 7) is 22.5. The first-order chi connectivity index (χ1) is 60.8. The second-order valence-corrected chi connectivity index (χ2v) is 32.2. The van der Waals surface area contributed by atoms with E-state index in [9.17, 15) is 19.2 Å². The van der Waals surface area contributed by atoms with Crippen molar-refractivity contribution in [2.45, 2.75) is 104 Å². The van der Waals surface area contributed by atoms with Crippen LogP contribution in [0.25, 0.3) is 43.1 Å². The fraction of sp³-hybridized carbons (Fsp3) is 0.189. The number of rotatable bonds is 36. The van der Waals surface area contributed by atoms with E-state index in [4.69, 9.17) is 18.9 Å². The average Bonchev–Trinajstić information content (AvgIpc) is 0.668. The Hall–Kier alpha value is -15.2. The second kappa shape index (κ2) is 37.3. The van der Waals surface area contributed by atoms with Gasteiger partial charge in [0.25, 0.3) is 23.6 Å². The summed E-state index contributed by atoms with van der Waals surface area (Å²) in [7, 11) is 3.18. The van der Waals surface area contributed by atoms with Crippen molar-refractivity contribution in [2.75, 3.05) is 37.0 Å². The standard InChI is InChI=1S/C106H94N6O14/c1-63(2)85(113)35-23-29-67-37-45-75(46-38-67)123-87-59-79-91-80(102(118)111(101(79)117)83(57-71-25-15-11-16-26-71)105(121)109(9)73-31-19-13-20-32-73)60-88(124-76-47-39-68(40-48-76)30-24-36-86(114)64(3)4)94-96-90(126-78-51-43-70(44-52-78)54-56-108-100(116)66(7)8)62-82-92-81(103(119)112(104(82)120)84(58-72-27-17-12-18-28-72)106(122)110(10)74-33-21-14-22-34-74)61-89(95(98(92)96)93(87)97(91)94)125-77-49-41-69(42-50-77)53-55-107-99(115)65(5)6/h11-22,25-28,31-34,37-52,59-62,83-84H,1,3,5,7,23-24,29-30,35-36,53-58H2,2,4,6,8-10H3,(H,107,115)(H,108,116). The average molecular weight is 1680 g/mol. The topological polar surface area (TPSA) is 245 Å². The van der Waals surface area contributed by atoms with Crippen LogP contribution in [0.1, 0.15) is 128 Å². The highest BCUT2D eigenvalue weighted by molar-refractivity contribution is 6.45. The summed E-state index contributed by atoms with van der Waals surface area (Å²) in [4.78, 5) is 156. The maximum atomic E-state index is 17.0. The fourth-order valence-electron chi connectivity index (χ4n) is 16.4. The molecule has 20 heteroatoms. The van der Waals surface area contributed by atoms with E-state index in [0.29, 0.717) is 83.3 Å². The Kier molecular flexibility index (Phi) is 25.4. The zero-order valence-electron chi connectivity index (χ0n) is 71.1. The number of Topliss-reactive ketones (excluding diaryl/α,β-unsaturated/α-hetero) is 2. The van der Waals surface area contributed by atoms with Gasteiger partial charge in [0.05, 0.1) is 22.3 Å². The molecule has 2 N–H and O–H groups in total. The highest BCUT2D eigenvalue weighted by atomic mass is 16.5. The van der Waals surface area contributed by atoms with Gasteiger partial charge in [0.1, 0.15) is 58.1 Å². The summed E-state index contributed by atoms with van der Waals surface area (Å²) in [5.41, 5.74) is 6.90. The monoisotopic (exact) mass is 1670 g/mol. The van der Waals surface area contributed by atoms with Crippen molar-refractivity contribution in [2.24, 2.45) is 0 Å². The van der Waals surface area contributed by atoms with Crippen molar-refractivity contribution in [3.63, 3.8) is 0 Å². The third kappa shape index (κ3) is 18.0. The number of carbonyl (C=O) groups excluding carboxylic acids is 10. The lowest BCUT2D eigenvalue weighted by molar-refractivity contribution is -0.122. The van der Waals surface area contributed by atoms with Crippen molar-refractivity contribution in [3.8, 4) is 46.0 Å². The SMILES string of the molecule is C=C(C)C(=O)CCCc1ccc(Oc2cc3c4c(cc(Oc5ccc(CCCC(=O)C(=C)C)cc5)c5c6c(Oc7ccc(CCNC(=O)C(=C)C)cc7)cc7c8c(cc(Oc9ccc(CCNC(=O)C(=C)C)cc9)c(c2c45)c86)C(=O)N(C(Cc2ccccc2)C(=O)N(C)c2ccccc2)C7=O)C(=O)N(C(Cc2ccccc2)C(=O)N(C)c2ccccc2)C3=O)cc1. The van der Waals surface area contributed by atoms with Crippen molar-refractivity contribution in [3.05, 3.63) is 347 Å². The molecule has 2 heterocycles. The molecule has 0 saturated carbocycles. The van der Waals surface area contributed by atoms with Crippen LogP contribution in [-0.2, 0) is 67.3 Å². The molecule has 2 aliphatic rings. The summed E-state index contributed by atoms with van der Waals surface area (Å²) < 4.78 is 29.7. The van der Waals surface area contributed by atoms with Gasteiger partial charge in [-0.15, -0.1) is 0 Å². The van der Waals surface area contributed by atoms with Crippen LogP contribution in [0.2, 0.25) is 0 Å².